The minimum atomic E-state index is -0.366. The number of benzene rings is 2. The molecule has 0 aliphatic carbocycles. The Labute approximate surface area is 168 Å². The first-order chi connectivity index (χ1) is 12.6. The fraction of sp³-hybridized carbons (Fsp3) is 0.286. The van der Waals surface area contributed by atoms with Gasteiger partial charge in [-0.2, -0.15) is 0 Å². The fourth-order valence-electron chi connectivity index (χ4n) is 2.61. The van der Waals surface area contributed by atoms with Crippen molar-refractivity contribution in [3.63, 3.8) is 0 Å². The lowest BCUT2D eigenvalue weighted by Gasteiger charge is -2.21. The number of esters is 1. The number of methoxy groups -OCH3 is 2. The van der Waals surface area contributed by atoms with Crippen LogP contribution in [0.3, 0.4) is 0 Å². The van der Waals surface area contributed by atoms with Gasteiger partial charge in [-0.15, -0.1) is 6.58 Å². The van der Waals surface area contributed by atoms with Gasteiger partial charge in [0.25, 0.3) is 0 Å². The zero-order valence-corrected chi connectivity index (χ0v) is 17.2. The van der Waals surface area contributed by atoms with Crippen LogP contribution < -0.4 is 9.47 Å². The van der Waals surface area contributed by atoms with Crippen LogP contribution in [0.5, 0.6) is 11.5 Å². The second kappa shape index (κ2) is 10.2. The Balaban J connectivity index is 2.32. The first-order valence-electron chi connectivity index (χ1n) is 8.39. The average Bonchev–Trinajstić information content (AvgIpc) is 2.67. The summed E-state index contributed by atoms with van der Waals surface area (Å²) < 4.78 is 17.6. The van der Waals surface area contributed by atoms with E-state index in [1.54, 1.807) is 26.4 Å². The third kappa shape index (κ3) is 5.24. The van der Waals surface area contributed by atoms with E-state index in [0.29, 0.717) is 23.5 Å². The molecule has 0 fully saturated rings. The van der Waals surface area contributed by atoms with E-state index in [1.807, 2.05) is 36.4 Å². The van der Waals surface area contributed by atoms with Gasteiger partial charge in [-0.1, -0.05) is 24.3 Å². The monoisotopic (exact) mass is 466 g/mol. The van der Waals surface area contributed by atoms with Gasteiger partial charge in [-0.05, 0) is 66.1 Å². The van der Waals surface area contributed by atoms with Gasteiger partial charge in [-0.25, -0.2) is 4.79 Å². The molecule has 2 rings (SSSR count). The first-order valence-corrected chi connectivity index (χ1v) is 9.47. The zero-order chi connectivity index (χ0) is 18.9. The number of carbonyl (C=O) groups is 1. The molecule has 0 N–H and O–H groups in total. The Bertz CT molecular complexity index is 743. The zero-order valence-electron chi connectivity index (χ0n) is 15.0. The van der Waals surface area contributed by atoms with Crippen molar-refractivity contribution in [1.82, 2.24) is 0 Å². The van der Waals surface area contributed by atoms with Crippen molar-refractivity contribution in [2.24, 2.45) is 0 Å². The number of ether oxygens (including phenoxy) is 3. The topological polar surface area (TPSA) is 44.8 Å². The SMILES string of the molecule is C=CCCCC(OC(=O)c1ccccc1)c1cc(OC)c(OC)cc1I. The van der Waals surface area contributed by atoms with E-state index in [4.69, 9.17) is 14.2 Å². The molecule has 0 saturated heterocycles. The molecule has 0 radical (unpaired) electrons. The summed E-state index contributed by atoms with van der Waals surface area (Å²) in [6.45, 7) is 3.76. The predicted octanol–water partition coefficient (Wildman–Crippen LogP) is 5.56. The highest BCUT2D eigenvalue weighted by molar-refractivity contribution is 14.1. The molecule has 26 heavy (non-hydrogen) atoms. The van der Waals surface area contributed by atoms with Crippen molar-refractivity contribution < 1.29 is 19.0 Å². The summed E-state index contributed by atoms with van der Waals surface area (Å²) in [7, 11) is 3.20. The number of unbranched alkanes of at least 4 members (excludes halogenated alkanes) is 1. The lowest BCUT2D eigenvalue weighted by molar-refractivity contribution is 0.0270. The molecule has 0 aliphatic rings. The number of hydrogen-bond donors (Lipinski definition) is 0. The van der Waals surface area contributed by atoms with Crippen LogP contribution in [-0.2, 0) is 4.74 Å². The summed E-state index contributed by atoms with van der Waals surface area (Å²) in [6.07, 6.45) is 3.95. The normalized spacial score (nSPS) is 11.5. The van der Waals surface area contributed by atoms with Crippen LogP contribution in [0.2, 0.25) is 0 Å². The molecule has 1 unspecified atom stereocenters. The molecule has 1 atom stereocenters. The van der Waals surface area contributed by atoms with Gasteiger partial charge >= 0.3 is 5.97 Å². The van der Waals surface area contributed by atoms with Crippen molar-refractivity contribution in [3.8, 4) is 11.5 Å². The second-order valence-electron chi connectivity index (χ2n) is 5.71. The van der Waals surface area contributed by atoms with E-state index < -0.39 is 0 Å². The Kier molecular flexibility index (Phi) is 7.97. The number of rotatable bonds is 9. The van der Waals surface area contributed by atoms with Crippen LogP contribution in [-0.4, -0.2) is 20.2 Å². The summed E-state index contributed by atoms with van der Waals surface area (Å²) in [5.41, 5.74) is 1.45. The lowest BCUT2D eigenvalue weighted by atomic mass is 10.0. The van der Waals surface area contributed by atoms with Gasteiger partial charge in [0, 0.05) is 9.13 Å². The van der Waals surface area contributed by atoms with E-state index in [-0.39, 0.29) is 12.1 Å². The highest BCUT2D eigenvalue weighted by atomic mass is 127. The molecule has 4 nitrogen and oxygen atoms in total. The summed E-state index contributed by atoms with van der Waals surface area (Å²) in [6, 6.07) is 12.8. The van der Waals surface area contributed by atoms with Gasteiger partial charge in [0.1, 0.15) is 6.10 Å². The van der Waals surface area contributed by atoms with Crippen molar-refractivity contribution >= 4 is 28.6 Å². The first kappa shape index (κ1) is 20.3. The Hall–Kier alpha value is -2.02. The predicted molar refractivity (Wildman–Crippen MR) is 111 cm³/mol. The molecular weight excluding hydrogens is 443 g/mol. The summed E-state index contributed by atoms with van der Waals surface area (Å²) in [5.74, 6) is 0.937. The minimum absolute atomic E-state index is 0.334. The second-order valence-corrected chi connectivity index (χ2v) is 6.87. The lowest BCUT2D eigenvalue weighted by Crippen LogP contribution is -2.13. The molecule has 0 heterocycles. The average molecular weight is 466 g/mol. The standard InChI is InChI=1S/C21H23IO4/c1-4-5-7-12-18(26-21(23)15-10-8-6-9-11-15)16-13-19(24-2)20(25-3)14-17(16)22/h4,6,8-11,13-14,18H,1,5,7,12H2,2-3H3. The fourth-order valence-corrected chi connectivity index (χ4v) is 3.40. The quantitative estimate of drug-likeness (QED) is 0.210. The van der Waals surface area contributed by atoms with Crippen LogP contribution in [0.1, 0.15) is 41.3 Å². The van der Waals surface area contributed by atoms with Gasteiger partial charge in [-0.3, -0.25) is 0 Å². The van der Waals surface area contributed by atoms with Crippen LogP contribution in [0.25, 0.3) is 0 Å². The van der Waals surface area contributed by atoms with E-state index in [0.717, 1.165) is 22.0 Å². The molecule has 0 amide bonds. The van der Waals surface area contributed by atoms with Gasteiger partial charge in [0.05, 0.1) is 19.8 Å². The maximum atomic E-state index is 12.5. The van der Waals surface area contributed by atoms with Crippen molar-refractivity contribution in [3.05, 3.63) is 69.8 Å². The molecule has 0 bridgehead atoms. The molecule has 0 aliphatic heterocycles. The maximum absolute atomic E-state index is 12.5. The number of halogens is 1. The van der Waals surface area contributed by atoms with Gasteiger partial charge < -0.3 is 14.2 Å². The van der Waals surface area contributed by atoms with E-state index in [2.05, 4.69) is 29.2 Å². The number of allylic oxidation sites excluding steroid dienone is 1. The van der Waals surface area contributed by atoms with E-state index in [9.17, 15) is 4.79 Å². The van der Waals surface area contributed by atoms with Crippen molar-refractivity contribution in [2.75, 3.05) is 14.2 Å². The molecule has 5 heteroatoms. The Morgan fingerprint density at radius 1 is 1.15 bits per heavy atom. The number of hydrogen-bond acceptors (Lipinski definition) is 4. The summed E-state index contributed by atoms with van der Waals surface area (Å²) >= 11 is 2.23. The third-order valence-corrected chi connectivity index (χ3v) is 4.92. The molecule has 2 aromatic carbocycles. The Morgan fingerprint density at radius 3 is 2.42 bits per heavy atom. The van der Waals surface area contributed by atoms with Crippen molar-refractivity contribution in [2.45, 2.75) is 25.4 Å². The smallest absolute Gasteiger partial charge is 0.338 e. The van der Waals surface area contributed by atoms with Crippen LogP contribution in [0.4, 0.5) is 0 Å². The van der Waals surface area contributed by atoms with Gasteiger partial charge in [0.2, 0.25) is 0 Å². The van der Waals surface area contributed by atoms with Crippen LogP contribution in [0.15, 0.2) is 55.1 Å². The van der Waals surface area contributed by atoms with Crippen molar-refractivity contribution in [1.29, 1.82) is 0 Å². The van der Waals surface area contributed by atoms with Crippen LogP contribution in [0, 0.1) is 3.57 Å². The third-order valence-electron chi connectivity index (χ3n) is 3.98. The molecule has 0 spiro atoms. The summed E-state index contributed by atoms with van der Waals surface area (Å²) in [4.78, 5) is 12.5. The van der Waals surface area contributed by atoms with Crippen LogP contribution >= 0.6 is 22.6 Å². The molecular formula is C21H23IO4. The number of carbonyl (C=O) groups excluding carboxylic acids is 1. The molecule has 138 valence electrons. The minimum Gasteiger partial charge on any atom is -0.493 e. The summed E-state index contributed by atoms with van der Waals surface area (Å²) in [5, 5.41) is 0. The largest absolute Gasteiger partial charge is 0.493 e. The molecule has 2 aromatic rings. The van der Waals surface area contributed by atoms with Gasteiger partial charge in [0.15, 0.2) is 11.5 Å². The molecule has 0 saturated carbocycles. The Morgan fingerprint density at radius 2 is 1.81 bits per heavy atom. The highest BCUT2D eigenvalue weighted by Crippen LogP contribution is 2.37. The highest BCUT2D eigenvalue weighted by Gasteiger charge is 2.22. The molecule has 0 aromatic heterocycles. The van der Waals surface area contributed by atoms with E-state index >= 15 is 0 Å². The maximum Gasteiger partial charge on any atom is 0.338 e. The van der Waals surface area contributed by atoms with E-state index in [1.165, 1.54) is 0 Å².